The average Bonchev–Trinajstić information content (AvgIpc) is 2.83. The molecule has 2 aromatic heterocycles. The lowest BCUT2D eigenvalue weighted by atomic mass is 9.80. The lowest BCUT2D eigenvalue weighted by Crippen LogP contribution is -2.19. The van der Waals surface area contributed by atoms with E-state index >= 15 is 0 Å². The standard InChI is InChI=1S/C25H20N4O3/c26-22-17-5-1-2-6-19(17)28-25-21(22)20(14-7-10-16(11-8-14)29(30)31)18-12-9-15-4-3-13-27-23(15)24(18)32-25/h3-4,7-13,20H,1-2,5-6H2,(H2,26,28). The van der Waals surface area contributed by atoms with Gasteiger partial charge in [0.15, 0.2) is 5.75 Å². The van der Waals surface area contributed by atoms with Gasteiger partial charge in [0, 0.05) is 52.1 Å². The fourth-order valence-corrected chi connectivity index (χ4v) is 4.98. The molecule has 158 valence electrons. The first kappa shape index (κ1) is 18.7. The Kier molecular flexibility index (Phi) is 4.11. The summed E-state index contributed by atoms with van der Waals surface area (Å²) in [7, 11) is 0. The first-order valence-electron chi connectivity index (χ1n) is 10.7. The number of nitrogen functional groups attached to an aromatic ring is 1. The molecule has 2 aromatic carbocycles. The second-order valence-corrected chi connectivity index (χ2v) is 8.32. The Labute approximate surface area is 184 Å². The molecule has 0 saturated heterocycles. The summed E-state index contributed by atoms with van der Waals surface area (Å²) < 4.78 is 6.39. The summed E-state index contributed by atoms with van der Waals surface area (Å²) in [4.78, 5) is 20.3. The lowest BCUT2D eigenvalue weighted by molar-refractivity contribution is -0.384. The highest BCUT2D eigenvalue weighted by atomic mass is 16.6. The van der Waals surface area contributed by atoms with Crippen LogP contribution in [0.5, 0.6) is 11.6 Å². The van der Waals surface area contributed by atoms with E-state index in [1.807, 2.05) is 24.3 Å². The molecule has 0 bridgehead atoms. The predicted octanol–water partition coefficient (Wildman–Crippen LogP) is 5.28. The number of anilines is 1. The number of hydrogen-bond donors (Lipinski definition) is 1. The average molecular weight is 424 g/mol. The number of rotatable bonds is 2. The van der Waals surface area contributed by atoms with Crippen LogP contribution in [0.1, 0.15) is 46.7 Å². The monoisotopic (exact) mass is 424 g/mol. The number of nitro groups is 1. The van der Waals surface area contributed by atoms with Gasteiger partial charge in [-0.15, -0.1) is 0 Å². The van der Waals surface area contributed by atoms with Gasteiger partial charge in [-0.25, -0.2) is 4.98 Å². The minimum atomic E-state index is -0.390. The van der Waals surface area contributed by atoms with Crippen molar-refractivity contribution in [3.63, 3.8) is 0 Å². The molecule has 0 spiro atoms. The van der Waals surface area contributed by atoms with Gasteiger partial charge in [-0.1, -0.05) is 30.3 Å². The fraction of sp³-hybridized carbons (Fsp3) is 0.200. The van der Waals surface area contributed by atoms with Crippen molar-refractivity contribution in [3.05, 3.63) is 92.8 Å². The van der Waals surface area contributed by atoms with E-state index in [1.54, 1.807) is 18.3 Å². The Bertz CT molecular complexity index is 1400. The third kappa shape index (κ3) is 2.74. The van der Waals surface area contributed by atoms with Crippen molar-refractivity contribution in [1.29, 1.82) is 0 Å². The van der Waals surface area contributed by atoms with Crippen LogP contribution in [0.25, 0.3) is 10.9 Å². The van der Waals surface area contributed by atoms with Crippen LogP contribution >= 0.6 is 0 Å². The molecule has 1 aliphatic heterocycles. The van der Waals surface area contributed by atoms with Crippen LogP contribution in [0.2, 0.25) is 0 Å². The summed E-state index contributed by atoms with van der Waals surface area (Å²) >= 11 is 0. The molecular weight excluding hydrogens is 404 g/mol. The number of nitro benzene ring substituents is 1. The summed E-state index contributed by atoms with van der Waals surface area (Å²) in [5.41, 5.74) is 13.1. The van der Waals surface area contributed by atoms with Gasteiger partial charge in [-0.2, -0.15) is 0 Å². The van der Waals surface area contributed by atoms with Crippen molar-refractivity contribution in [3.8, 4) is 11.6 Å². The van der Waals surface area contributed by atoms with E-state index in [0.717, 1.165) is 70.2 Å². The van der Waals surface area contributed by atoms with Crippen molar-refractivity contribution in [2.75, 3.05) is 5.73 Å². The van der Waals surface area contributed by atoms with Crippen LogP contribution in [0, 0.1) is 10.1 Å². The molecule has 4 aromatic rings. The van der Waals surface area contributed by atoms with E-state index in [4.69, 9.17) is 15.5 Å². The number of benzene rings is 2. The van der Waals surface area contributed by atoms with Crippen LogP contribution in [0.4, 0.5) is 11.4 Å². The molecule has 0 radical (unpaired) electrons. The van der Waals surface area contributed by atoms with E-state index in [0.29, 0.717) is 11.6 Å². The molecule has 7 nitrogen and oxygen atoms in total. The highest BCUT2D eigenvalue weighted by Gasteiger charge is 2.35. The van der Waals surface area contributed by atoms with Crippen LogP contribution in [0.3, 0.4) is 0 Å². The fourth-order valence-electron chi connectivity index (χ4n) is 4.98. The van der Waals surface area contributed by atoms with Crippen LogP contribution in [0.15, 0.2) is 54.7 Å². The van der Waals surface area contributed by atoms with Crippen LogP contribution in [-0.2, 0) is 12.8 Å². The van der Waals surface area contributed by atoms with E-state index in [1.165, 1.54) is 12.1 Å². The van der Waals surface area contributed by atoms with Crippen molar-refractivity contribution >= 4 is 22.3 Å². The van der Waals surface area contributed by atoms with Crippen molar-refractivity contribution in [1.82, 2.24) is 9.97 Å². The summed E-state index contributed by atoms with van der Waals surface area (Å²) in [6.07, 6.45) is 5.72. The largest absolute Gasteiger partial charge is 0.436 e. The molecule has 7 heteroatoms. The summed E-state index contributed by atoms with van der Waals surface area (Å²) in [5.74, 6) is 0.930. The van der Waals surface area contributed by atoms with Gasteiger partial charge in [0.2, 0.25) is 5.88 Å². The Balaban J connectivity index is 1.63. The van der Waals surface area contributed by atoms with Gasteiger partial charge < -0.3 is 10.5 Å². The quantitative estimate of drug-likeness (QED) is 0.305. The zero-order valence-electron chi connectivity index (χ0n) is 17.2. The molecule has 2 aliphatic rings. The molecule has 32 heavy (non-hydrogen) atoms. The third-order valence-corrected chi connectivity index (χ3v) is 6.52. The Hall–Kier alpha value is -4.00. The number of pyridine rings is 2. The van der Waals surface area contributed by atoms with Crippen molar-refractivity contribution in [2.24, 2.45) is 0 Å². The van der Waals surface area contributed by atoms with Gasteiger partial charge >= 0.3 is 0 Å². The van der Waals surface area contributed by atoms with Gasteiger partial charge in [0.1, 0.15) is 5.52 Å². The van der Waals surface area contributed by atoms with Crippen LogP contribution < -0.4 is 10.5 Å². The van der Waals surface area contributed by atoms with E-state index in [2.05, 4.69) is 4.98 Å². The Morgan fingerprint density at radius 2 is 1.88 bits per heavy atom. The molecule has 3 heterocycles. The second kappa shape index (κ2) is 7.02. The van der Waals surface area contributed by atoms with Gasteiger partial charge in [-0.3, -0.25) is 15.1 Å². The SMILES string of the molecule is Nc1c2c(nc3c1C(c1ccc([N+](=O)[O-])cc1)c1ccc4cccnc4c1O3)CCCC2. The smallest absolute Gasteiger partial charge is 0.269 e. The minimum Gasteiger partial charge on any atom is -0.436 e. The number of nitrogens with zero attached hydrogens (tertiary/aromatic N) is 3. The van der Waals surface area contributed by atoms with Gasteiger partial charge in [0.05, 0.1) is 4.92 Å². The molecule has 1 atom stereocenters. The first-order chi connectivity index (χ1) is 15.6. The number of fused-ring (bicyclic) bond motifs is 5. The third-order valence-electron chi connectivity index (χ3n) is 6.52. The zero-order valence-corrected chi connectivity index (χ0v) is 17.2. The summed E-state index contributed by atoms with van der Waals surface area (Å²) in [6, 6.07) is 14.6. The molecule has 2 N–H and O–H groups in total. The number of aromatic nitrogens is 2. The molecule has 1 aliphatic carbocycles. The number of nitrogens with two attached hydrogens (primary N) is 1. The van der Waals surface area contributed by atoms with Gasteiger partial charge in [-0.05, 0) is 42.9 Å². The zero-order chi connectivity index (χ0) is 21.8. The Morgan fingerprint density at radius 1 is 1.06 bits per heavy atom. The molecule has 0 amide bonds. The molecule has 6 rings (SSSR count). The maximum Gasteiger partial charge on any atom is 0.269 e. The Morgan fingerprint density at radius 3 is 2.69 bits per heavy atom. The lowest BCUT2D eigenvalue weighted by Gasteiger charge is -2.32. The van der Waals surface area contributed by atoms with Crippen molar-refractivity contribution in [2.45, 2.75) is 31.6 Å². The van der Waals surface area contributed by atoms with Crippen molar-refractivity contribution < 1.29 is 9.66 Å². The molecular formula is C25H20N4O3. The maximum absolute atomic E-state index is 11.2. The minimum absolute atomic E-state index is 0.0537. The molecule has 0 saturated carbocycles. The normalized spacial score (nSPS) is 16.6. The number of aryl methyl sites for hydroxylation is 1. The first-order valence-corrected chi connectivity index (χ1v) is 10.7. The highest BCUT2D eigenvalue weighted by molar-refractivity contribution is 5.88. The number of hydrogen-bond acceptors (Lipinski definition) is 6. The second-order valence-electron chi connectivity index (χ2n) is 8.32. The van der Waals surface area contributed by atoms with E-state index in [9.17, 15) is 10.1 Å². The van der Waals surface area contributed by atoms with Gasteiger partial charge in [0.25, 0.3) is 5.69 Å². The van der Waals surface area contributed by atoms with Crippen LogP contribution in [-0.4, -0.2) is 14.9 Å². The maximum atomic E-state index is 11.2. The van der Waals surface area contributed by atoms with E-state index < -0.39 is 0 Å². The number of non-ortho nitro benzene ring substituents is 1. The van der Waals surface area contributed by atoms with E-state index in [-0.39, 0.29) is 16.5 Å². The molecule has 0 fully saturated rings. The predicted molar refractivity (Wildman–Crippen MR) is 121 cm³/mol. The molecule has 1 unspecified atom stereocenters. The topological polar surface area (TPSA) is 104 Å². The summed E-state index contributed by atoms with van der Waals surface area (Å²) in [5, 5.41) is 12.2. The summed E-state index contributed by atoms with van der Waals surface area (Å²) in [6.45, 7) is 0. The highest BCUT2D eigenvalue weighted by Crippen LogP contribution is 2.52. The number of ether oxygens (including phenoxy) is 1.